The van der Waals surface area contributed by atoms with E-state index >= 15 is 0 Å². The third-order valence-electron chi connectivity index (χ3n) is 3.62. The summed E-state index contributed by atoms with van der Waals surface area (Å²) in [6.07, 6.45) is 4.54. The minimum Gasteiger partial charge on any atom is -0.309 e. The van der Waals surface area contributed by atoms with Gasteiger partial charge in [0.1, 0.15) is 18.5 Å². The lowest BCUT2D eigenvalue weighted by molar-refractivity contribution is -0.117. The molecule has 26 heavy (non-hydrogen) atoms. The van der Waals surface area contributed by atoms with Gasteiger partial charge in [0, 0.05) is 11.8 Å². The molecule has 1 N–H and O–H groups in total. The number of carbonyl (C=O) groups is 2. The van der Waals surface area contributed by atoms with Crippen LogP contribution < -0.4 is 5.32 Å². The lowest BCUT2D eigenvalue weighted by Crippen LogP contribution is -2.29. The molecule has 0 aliphatic carbocycles. The zero-order chi connectivity index (χ0) is 18.4. The quantitative estimate of drug-likeness (QED) is 0.536. The molecular weight excluding hydrogens is 332 g/mol. The Morgan fingerprint density at radius 3 is 2.62 bits per heavy atom. The van der Waals surface area contributed by atoms with Gasteiger partial charge in [-0.15, -0.1) is 0 Å². The number of ketones is 1. The molecule has 1 amide bonds. The molecule has 8 nitrogen and oxygen atoms in total. The zero-order valence-electron chi connectivity index (χ0n) is 13.6. The molecular formula is C18H14N6O2. The number of benzene rings is 1. The third kappa shape index (κ3) is 3.96. The van der Waals surface area contributed by atoms with Crippen molar-refractivity contribution in [1.82, 2.24) is 19.7 Å². The van der Waals surface area contributed by atoms with E-state index < -0.39 is 17.6 Å². The number of Topliss-reactive ketones (excluding diaryl/α,β-unsaturated/α-hetero) is 1. The highest BCUT2D eigenvalue weighted by molar-refractivity contribution is 6.15. The number of nitrogens with zero attached hydrogens (tertiary/aromatic N) is 5. The molecule has 2 aromatic heterocycles. The summed E-state index contributed by atoms with van der Waals surface area (Å²) in [6, 6.07) is 13.4. The Labute approximate surface area is 149 Å². The van der Waals surface area contributed by atoms with E-state index in [1.54, 1.807) is 59.5 Å². The fourth-order valence-electron chi connectivity index (χ4n) is 2.31. The van der Waals surface area contributed by atoms with Crippen molar-refractivity contribution < 1.29 is 9.59 Å². The molecule has 8 heteroatoms. The van der Waals surface area contributed by atoms with Gasteiger partial charge in [-0.25, -0.2) is 14.6 Å². The number of hydrogen-bond acceptors (Lipinski definition) is 6. The molecule has 3 aromatic rings. The van der Waals surface area contributed by atoms with Gasteiger partial charge in [-0.05, 0) is 17.7 Å². The Hall–Kier alpha value is -3.86. The Kier molecular flexibility index (Phi) is 5.10. The molecule has 1 unspecified atom stereocenters. The largest absolute Gasteiger partial charge is 0.309 e. The molecule has 0 saturated carbocycles. The lowest BCUT2D eigenvalue weighted by atomic mass is 9.97. The molecule has 1 atom stereocenters. The normalized spacial score (nSPS) is 11.3. The number of aromatic nitrogens is 4. The van der Waals surface area contributed by atoms with Crippen molar-refractivity contribution in [1.29, 1.82) is 5.26 Å². The topological polar surface area (TPSA) is 114 Å². The van der Waals surface area contributed by atoms with Gasteiger partial charge in [0.05, 0.1) is 12.6 Å². The van der Waals surface area contributed by atoms with Gasteiger partial charge in [0.25, 0.3) is 5.91 Å². The van der Waals surface area contributed by atoms with Gasteiger partial charge in [0.2, 0.25) is 0 Å². The predicted octanol–water partition coefficient (Wildman–Crippen LogP) is 1.68. The maximum Gasteiger partial charge on any atom is 0.250 e. The first-order valence-electron chi connectivity index (χ1n) is 7.74. The van der Waals surface area contributed by atoms with Crippen LogP contribution in [-0.2, 0) is 11.3 Å². The van der Waals surface area contributed by atoms with Gasteiger partial charge in [-0.1, -0.05) is 30.3 Å². The number of rotatable bonds is 6. The number of amides is 1. The minimum atomic E-state index is -1.45. The fourth-order valence-corrected chi connectivity index (χ4v) is 2.31. The molecule has 2 heterocycles. The number of pyridine rings is 1. The summed E-state index contributed by atoms with van der Waals surface area (Å²) in [6.45, 7) is 0.510. The minimum absolute atomic E-state index is 0.286. The first-order chi connectivity index (χ1) is 12.7. The van der Waals surface area contributed by atoms with E-state index in [9.17, 15) is 14.9 Å². The highest BCUT2D eigenvalue weighted by Crippen LogP contribution is 2.13. The second-order valence-corrected chi connectivity index (χ2v) is 5.42. The van der Waals surface area contributed by atoms with Crippen LogP contribution in [0.5, 0.6) is 0 Å². The van der Waals surface area contributed by atoms with Crippen LogP contribution >= 0.6 is 0 Å². The van der Waals surface area contributed by atoms with Crippen LogP contribution in [0.15, 0.2) is 61.3 Å². The maximum absolute atomic E-state index is 12.5. The summed E-state index contributed by atoms with van der Waals surface area (Å²) < 4.78 is 1.65. The smallest absolute Gasteiger partial charge is 0.250 e. The van der Waals surface area contributed by atoms with E-state index in [0.717, 1.165) is 5.56 Å². The Bertz CT molecular complexity index is 930. The van der Waals surface area contributed by atoms with Crippen LogP contribution in [0.25, 0.3) is 0 Å². The van der Waals surface area contributed by atoms with Gasteiger partial charge in [0.15, 0.2) is 11.7 Å². The SMILES string of the molecule is N#CC(C(=O)Nc1ccccn1)C(=O)c1ccc(Cn2cncn2)cc1. The lowest BCUT2D eigenvalue weighted by Gasteiger charge is -2.09. The standard InChI is InChI=1S/C18H14N6O2/c19-9-15(18(26)23-16-3-1-2-8-21-16)17(25)14-6-4-13(5-7-14)10-24-12-20-11-22-24/h1-8,11-12,15H,10H2,(H,21,23,26). The molecule has 0 aliphatic rings. The number of nitriles is 1. The van der Waals surface area contributed by atoms with Crippen molar-refractivity contribution in [2.45, 2.75) is 6.54 Å². The summed E-state index contributed by atoms with van der Waals surface area (Å²) in [7, 11) is 0. The summed E-state index contributed by atoms with van der Waals surface area (Å²) in [4.78, 5) is 32.5. The van der Waals surface area contributed by atoms with Crippen molar-refractivity contribution in [3.63, 3.8) is 0 Å². The number of carbonyl (C=O) groups excluding carboxylic acids is 2. The Morgan fingerprint density at radius 2 is 2.00 bits per heavy atom. The fraction of sp³-hybridized carbons (Fsp3) is 0.111. The maximum atomic E-state index is 12.5. The molecule has 128 valence electrons. The van der Waals surface area contributed by atoms with Crippen LogP contribution in [0.4, 0.5) is 5.82 Å². The number of anilines is 1. The average Bonchev–Trinajstić information content (AvgIpc) is 3.16. The van der Waals surface area contributed by atoms with Gasteiger partial charge >= 0.3 is 0 Å². The predicted molar refractivity (Wildman–Crippen MR) is 91.9 cm³/mol. The highest BCUT2D eigenvalue weighted by Gasteiger charge is 2.27. The van der Waals surface area contributed by atoms with Gasteiger partial charge in [-0.3, -0.25) is 9.59 Å². The van der Waals surface area contributed by atoms with Crippen molar-refractivity contribution in [2.75, 3.05) is 5.32 Å². The highest BCUT2D eigenvalue weighted by atomic mass is 16.2. The van der Waals surface area contributed by atoms with E-state index in [0.29, 0.717) is 6.54 Å². The Morgan fingerprint density at radius 1 is 1.19 bits per heavy atom. The molecule has 3 rings (SSSR count). The Balaban J connectivity index is 1.70. The molecule has 0 spiro atoms. The first kappa shape index (κ1) is 17.0. The van der Waals surface area contributed by atoms with Crippen LogP contribution in [0.3, 0.4) is 0 Å². The van der Waals surface area contributed by atoms with E-state index in [2.05, 4.69) is 20.4 Å². The second kappa shape index (κ2) is 7.81. The van der Waals surface area contributed by atoms with Crippen LogP contribution in [0.2, 0.25) is 0 Å². The molecule has 0 fully saturated rings. The summed E-state index contributed by atoms with van der Waals surface area (Å²) in [5, 5.41) is 15.7. The van der Waals surface area contributed by atoms with Crippen LogP contribution in [-0.4, -0.2) is 31.4 Å². The molecule has 0 saturated heterocycles. The zero-order valence-corrected chi connectivity index (χ0v) is 13.6. The van der Waals surface area contributed by atoms with Gasteiger partial charge < -0.3 is 5.32 Å². The second-order valence-electron chi connectivity index (χ2n) is 5.42. The summed E-state index contributed by atoms with van der Waals surface area (Å²) in [5.41, 5.74) is 1.20. The average molecular weight is 346 g/mol. The van der Waals surface area contributed by atoms with Crippen molar-refractivity contribution >= 4 is 17.5 Å². The van der Waals surface area contributed by atoms with E-state index in [1.165, 1.54) is 12.5 Å². The number of hydrogen-bond donors (Lipinski definition) is 1. The number of nitrogens with one attached hydrogen (secondary N) is 1. The van der Waals surface area contributed by atoms with Crippen LogP contribution in [0, 0.1) is 17.2 Å². The van der Waals surface area contributed by atoms with Crippen molar-refractivity contribution in [2.24, 2.45) is 5.92 Å². The summed E-state index contributed by atoms with van der Waals surface area (Å²) >= 11 is 0. The van der Waals surface area contributed by atoms with Crippen LogP contribution in [0.1, 0.15) is 15.9 Å². The van der Waals surface area contributed by atoms with Gasteiger partial charge in [-0.2, -0.15) is 10.4 Å². The van der Waals surface area contributed by atoms with E-state index in [4.69, 9.17) is 0 Å². The molecule has 1 aromatic carbocycles. The van der Waals surface area contributed by atoms with Crippen molar-refractivity contribution in [3.8, 4) is 6.07 Å². The third-order valence-corrected chi connectivity index (χ3v) is 3.62. The first-order valence-corrected chi connectivity index (χ1v) is 7.74. The van der Waals surface area contributed by atoms with Crippen molar-refractivity contribution in [3.05, 3.63) is 72.4 Å². The van der Waals surface area contributed by atoms with E-state index in [1.807, 2.05) is 0 Å². The molecule has 0 aliphatic heterocycles. The molecule has 0 bridgehead atoms. The molecule has 0 radical (unpaired) electrons. The van der Waals surface area contributed by atoms with E-state index in [-0.39, 0.29) is 11.4 Å². The summed E-state index contributed by atoms with van der Waals surface area (Å²) in [5.74, 6) is -2.43. The monoisotopic (exact) mass is 346 g/mol.